The normalized spacial score (nSPS) is 18.3. The van der Waals surface area contributed by atoms with Crippen LogP contribution in [0, 0.1) is 12.3 Å². The molecule has 2 N–H and O–H groups in total. The average molecular weight is 404 g/mol. The lowest BCUT2D eigenvalue weighted by Crippen LogP contribution is -2.32. The first kappa shape index (κ1) is 20.4. The maximum Gasteiger partial charge on any atom is 0.254 e. The molecule has 1 fully saturated rings. The van der Waals surface area contributed by atoms with Gasteiger partial charge >= 0.3 is 0 Å². The van der Waals surface area contributed by atoms with Crippen molar-refractivity contribution in [3.05, 3.63) is 82.1 Å². The second kappa shape index (κ2) is 8.84. The van der Waals surface area contributed by atoms with Crippen molar-refractivity contribution in [1.29, 1.82) is 5.41 Å². The molecule has 2 aromatic rings. The van der Waals surface area contributed by atoms with Gasteiger partial charge in [0.1, 0.15) is 0 Å². The zero-order valence-electron chi connectivity index (χ0n) is 17.7. The van der Waals surface area contributed by atoms with E-state index in [1.54, 1.807) is 12.3 Å². The number of fused-ring (bicyclic) bond motifs is 1. The molecule has 2 aliphatic rings. The number of carbonyl (C=O) groups excluding carboxylic acids is 1. The fourth-order valence-corrected chi connectivity index (χ4v) is 4.25. The Balaban J connectivity index is 1.47. The van der Waals surface area contributed by atoms with Gasteiger partial charge in [0.2, 0.25) is 0 Å². The highest BCUT2D eigenvalue weighted by Gasteiger charge is 2.31. The van der Waals surface area contributed by atoms with Gasteiger partial charge in [-0.05, 0) is 72.3 Å². The van der Waals surface area contributed by atoms with Gasteiger partial charge in [-0.3, -0.25) is 4.79 Å². The van der Waals surface area contributed by atoms with Gasteiger partial charge < -0.3 is 20.4 Å². The summed E-state index contributed by atoms with van der Waals surface area (Å²) < 4.78 is 5.72. The Labute approximate surface area is 178 Å². The van der Waals surface area contributed by atoms with Crippen molar-refractivity contribution in [2.45, 2.75) is 38.8 Å². The number of nitrogens with one attached hydrogen (secondary N) is 2. The third-order valence-corrected chi connectivity index (χ3v) is 5.96. The van der Waals surface area contributed by atoms with Crippen molar-refractivity contribution in [3.63, 3.8) is 0 Å². The molecule has 30 heavy (non-hydrogen) atoms. The van der Waals surface area contributed by atoms with Gasteiger partial charge in [0.25, 0.3) is 5.91 Å². The van der Waals surface area contributed by atoms with Crippen LogP contribution in [0.4, 0.5) is 0 Å². The van der Waals surface area contributed by atoms with Gasteiger partial charge in [-0.15, -0.1) is 0 Å². The van der Waals surface area contributed by atoms with Crippen LogP contribution in [0.5, 0.6) is 0 Å². The molecular formula is C25H29N3O2. The first-order valence-electron chi connectivity index (χ1n) is 10.6. The first-order chi connectivity index (χ1) is 14.5. The minimum absolute atomic E-state index is 0.127. The summed E-state index contributed by atoms with van der Waals surface area (Å²) >= 11 is 0. The Bertz CT molecular complexity index is 973. The molecule has 0 spiro atoms. The van der Waals surface area contributed by atoms with Gasteiger partial charge in [0.05, 0.1) is 11.8 Å². The second-order valence-electron chi connectivity index (χ2n) is 8.17. The van der Waals surface area contributed by atoms with E-state index >= 15 is 0 Å². The van der Waals surface area contributed by atoms with Crippen molar-refractivity contribution < 1.29 is 9.53 Å². The Morgan fingerprint density at radius 1 is 1.30 bits per heavy atom. The van der Waals surface area contributed by atoms with Crippen molar-refractivity contribution in [3.8, 4) is 0 Å². The highest BCUT2D eigenvalue weighted by Crippen LogP contribution is 2.28. The summed E-state index contributed by atoms with van der Waals surface area (Å²) in [6.07, 6.45) is 6.59. The van der Waals surface area contributed by atoms with Crippen molar-refractivity contribution >= 4 is 11.6 Å². The molecule has 2 aliphatic heterocycles. The Morgan fingerprint density at radius 2 is 2.10 bits per heavy atom. The molecule has 5 nitrogen and oxygen atoms in total. The zero-order valence-corrected chi connectivity index (χ0v) is 17.7. The Hall–Kier alpha value is -2.92. The first-order valence-corrected chi connectivity index (χ1v) is 10.6. The van der Waals surface area contributed by atoms with Gasteiger partial charge in [0.15, 0.2) is 0 Å². The maximum atomic E-state index is 12.9. The van der Waals surface area contributed by atoms with Crippen molar-refractivity contribution in [1.82, 2.24) is 10.2 Å². The summed E-state index contributed by atoms with van der Waals surface area (Å²) in [4.78, 5) is 14.9. The maximum absolute atomic E-state index is 12.9. The number of amides is 1. The summed E-state index contributed by atoms with van der Waals surface area (Å²) in [5.74, 6) is 0.127. The highest BCUT2D eigenvalue weighted by molar-refractivity contribution is 6.06. The molecule has 0 aromatic heterocycles. The molecule has 0 bridgehead atoms. The molecule has 2 aromatic carbocycles. The predicted molar refractivity (Wildman–Crippen MR) is 119 cm³/mol. The van der Waals surface area contributed by atoms with E-state index in [9.17, 15) is 4.79 Å². The Kier molecular flexibility index (Phi) is 6.00. The monoisotopic (exact) mass is 403 g/mol. The minimum Gasteiger partial charge on any atom is -0.394 e. The van der Waals surface area contributed by atoms with E-state index in [2.05, 4.69) is 36.5 Å². The number of carbonyl (C=O) groups is 1. The fraction of sp³-hybridized carbons (Fsp3) is 0.360. The van der Waals surface area contributed by atoms with Crippen LogP contribution >= 0.6 is 0 Å². The van der Waals surface area contributed by atoms with Crippen LogP contribution < -0.4 is 5.32 Å². The molecule has 1 amide bonds. The molecule has 0 radical (unpaired) electrons. The molecule has 5 heteroatoms. The van der Waals surface area contributed by atoms with Crippen LogP contribution in [0.3, 0.4) is 0 Å². The second-order valence-corrected chi connectivity index (χ2v) is 8.17. The molecule has 4 rings (SSSR count). The number of ether oxygens (including phenoxy) is 1. The predicted octanol–water partition coefficient (Wildman–Crippen LogP) is 3.82. The molecule has 1 unspecified atom stereocenters. The quantitative estimate of drug-likeness (QED) is 0.691. The number of hydrogen-bond donors (Lipinski definition) is 2. The molecular weight excluding hydrogens is 374 g/mol. The number of benzene rings is 2. The Morgan fingerprint density at radius 3 is 2.80 bits per heavy atom. The largest absolute Gasteiger partial charge is 0.394 e. The van der Waals surface area contributed by atoms with Gasteiger partial charge in [0, 0.05) is 32.3 Å². The number of hydrogen-bond acceptors (Lipinski definition) is 4. The van der Waals surface area contributed by atoms with E-state index in [1.807, 2.05) is 24.1 Å². The van der Waals surface area contributed by atoms with Crippen molar-refractivity contribution in [2.24, 2.45) is 0 Å². The topological polar surface area (TPSA) is 65.4 Å². The van der Waals surface area contributed by atoms with E-state index in [4.69, 9.17) is 10.1 Å². The van der Waals surface area contributed by atoms with Crippen LogP contribution in [0.25, 0.3) is 0 Å². The summed E-state index contributed by atoms with van der Waals surface area (Å²) in [5, 5.41) is 11.0. The average Bonchev–Trinajstić information content (AvgIpc) is 3.36. The lowest BCUT2D eigenvalue weighted by molar-refractivity contribution is 0.0545. The summed E-state index contributed by atoms with van der Waals surface area (Å²) in [6.45, 7) is 4.31. The van der Waals surface area contributed by atoms with Gasteiger partial charge in [-0.25, -0.2) is 0 Å². The fourth-order valence-electron chi connectivity index (χ4n) is 4.25. The van der Waals surface area contributed by atoms with Gasteiger partial charge in [-0.2, -0.15) is 0 Å². The van der Waals surface area contributed by atoms with E-state index in [1.165, 1.54) is 16.7 Å². The third-order valence-electron chi connectivity index (χ3n) is 5.96. The summed E-state index contributed by atoms with van der Waals surface area (Å²) in [7, 11) is 1.82. The van der Waals surface area contributed by atoms with Crippen LogP contribution in [0.15, 0.2) is 48.7 Å². The standard InChI is InChI=1S/C25H29N3O2/c1-17-12-21-15-28(16-22-4-3-11-30-22)25(29)23(21)14-20(17)13-18-5-7-19(8-6-18)24(26)9-10-27-2/h5-10,12,14,22,26-27H,3-4,11,13,15-16H2,1-2H3/b10-9-,26-24?. The highest BCUT2D eigenvalue weighted by atomic mass is 16.5. The smallest absolute Gasteiger partial charge is 0.254 e. The van der Waals surface area contributed by atoms with Crippen LogP contribution in [-0.4, -0.2) is 42.8 Å². The van der Waals surface area contributed by atoms with Crippen LogP contribution in [0.1, 0.15) is 51.0 Å². The molecule has 156 valence electrons. The third kappa shape index (κ3) is 4.31. The molecule has 2 heterocycles. The van der Waals surface area contributed by atoms with Crippen LogP contribution in [-0.2, 0) is 17.7 Å². The van der Waals surface area contributed by atoms with Crippen LogP contribution in [0.2, 0.25) is 0 Å². The van der Waals surface area contributed by atoms with Gasteiger partial charge in [-0.1, -0.05) is 30.3 Å². The summed E-state index contributed by atoms with van der Waals surface area (Å²) in [6, 6.07) is 12.3. The van der Waals surface area contributed by atoms with E-state index in [0.29, 0.717) is 18.8 Å². The summed E-state index contributed by atoms with van der Waals surface area (Å²) in [5.41, 5.74) is 6.89. The number of rotatable bonds is 7. The van der Waals surface area contributed by atoms with E-state index in [-0.39, 0.29) is 12.0 Å². The van der Waals surface area contributed by atoms with E-state index < -0.39 is 0 Å². The SMILES string of the molecule is CN/C=C\C(=N)c1ccc(Cc2cc3c(cc2C)CN(CC2CCCO2)C3=O)cc1. The van der Waals surface area contributed by atoms with Crippen molar-refractivity contribution in [2.75, 3.05) is 20.2 Å². The molecule has 1 saturated heterocycles. The lowest BCUT2D eigenvalue weighted by Gasteiger charge is -2.19. The number of nitrogens with zero attached hydrogens (tertiary/aromatic N) is 1. The molecule has 1 atom stereocenters. The lowest BCUT2D eigenvalue weighted by atomic mass is 9.95. The number of aryl methyl sites for hydroxylation is 1. The minimum atomic E-state index is 0.127. The zero-order chi connectivity index (χ0) is 21.1. The molecule has 0 saturated carbocycles. The van der Waals surface area contributed by atoms with E-state index in [0.717, 1.165) is 42.6 Å². The number of allylic oxidation sites excluding steroid dienone is 1. The molecule has 0 aliphatic carbocycles.